The molecule has 0 N–H and O–H groups in total. The molecule has 4 rings (SSSR count). The predicted molar refractivity (Wildman–Crippen MR) is 113 cm³/mol. The van der Waals surface area contributed by atoms with Gasteiger partial charge < -0.3 is 4.74 Å². The van der Waals surface area contributed by atoms with Crippen LogP contribution >= 0.6 is 0 Å². The molecule has 0 aromatic heterocycles. The zero-order chi connectivity index (χ0) is 19.7. The maximum atomic E-state index is 13.6. The van der Waals surface area contributed by atoms with Crippen molar-refractivity contribution in [3.05, 3.63) is 29.8 Å². The lowest BCUT2D eigenvalue weighted by atomic mass is 9.85. The van der Waals surface area contributed by atoms with Crippen molar-refractivity contribution in [3.8, 4) is 0 Å². The summed E-state index contributed by atoms with van der Waals surface area (Å²) in [5.74, 6) is 1.11. The molecule has 1 unspecified atom stereocenters. The second-order valence-corrected chi connectivity index (χ2v) is 9.03. The van der Waals surface area contributed by atoms with E-state index in [2.05, 4.69) is 49.9 Å². The van der Waals surface area contributed by atoms with Crippen LogP contribution in [0.2, 0.25) is 0 Å². The summed E-state index contributed by atoms with van der Waals surface area (Å²) in [6.45, 7) is 9.40. The number of carbonyl (C=O) groups is 1. The van der Waals surface area contributed by atoms with Gasteiger partial charge in [-0.15, -0.1) is 0 Å². The van der Waals surface area contributed by atoms with E-state index in [0.717, 1.165) is 50.7 Å². The van der Waals surface area contributed by atoms with E-state index < -0.39 is 5.41 Å². The molecule has 1 aromatic carbocycles. The van der Waals surface area contributed by atoms with E-state index in [-0.39, 0.29) is 11.9 Å². The fourth-order valence-electron chi connectivity index (χ4n) is 4.88. The quantitative estimate of drug-likeness (QED) is 0.797. The summed E-state index contributed by atoms with van der Waals surface area (Å²) in [4.78, 5) is 23.2. The molecule has 3 fully saturated rings. The summed E-state index contributed by atoms with van der Waals surface area (Å²) in [6, 6.07) is 8.61. The average molecular weight is 384 g/mol. The Morgan fingerprint density at radius 3 is 2.32 bits per heavy atom. The zero-order valence-electron chi connectivity index (χ0n) is 17.5. The summed E-state index contributed by atoms with van der Waals surface area (Å²) in [7, 11) is 0. The number of carbonyl (C=O) groups excluding carboxylic acids is 1. The molecular formula is C23H33N3O2. The zero-order valence-corrected chi connectivity index (χ0v) is 17.5. The smallest absolute Gasteiger partial charge is 0.240 e. The minimum absolute atomic E-state index is 0.00660. The van der Waals surface area contributed by atoms with E-state index in [9.17, 15) is 4.79 Å². The number of hydrogen-bond acceptors (Lipinski definition) is 4. The summed E-state index contributed by atoms with van der Waals surface area (Å²) in [5.41, 5.74) is 1.63. The standard InChI is InChI=1S/C23H33N3O2/c1-17-9-11-19(12-10-17)26-21(24-18-7-5-4-6-8-18)20(23(2,3)22(26)27)25-13-15-28-16-14-25/h9-12,18,20H,4-8,13-16H2,1-3H3. The van der Waals surface area contributed by atoms with Crippen molar-refractivity contribution < 1.29 is 9.53 Å². The van der Waals surface area contributed by atoms with Gasteiger partial charge in [0.25, 0.3) is 0 Å². The van der Waals surface area contributed by atoms with Gasteiger partial charge in [0.1, 0.15) is 5.84 Å². The molecule has 2 aliphatic heterocycles. The molecule has 2 heterocycles. The first-order valence-corrected chi connectivity index (χ1v) is 10.8. The predicted octanol–water partition coefficient (Wildman–Crippen LogP) is 3.80. The van der Waals surface area contributed by atoms with Crippen LogP contribution in [0.3, 0.4) is 0 Å². The first-order valence-electron chi connectivity index (χ1n) is 10.8. The van der Waals surface area contributed by atoms with E-state index >= 15 is 0 Å². The highest BCUT2D eigenvalue weighted by Gasteiger charge is 2.55. The maximum Gasteiger partial charge on any atom is 0.240 e. The van der Waals surface area contributed by atoms with Crippen molar-refractivity contribution in [2.45, 2.75) is 65.0 Å². The van der Waals surface area contributed by atoms with Crippen LogP contribution in [-0.4, -0.2) is 55.0 Å². The van der Waals surface area contributed by atoms with E-state index in [0.29, 0.717) is 6.04 Å². The second kappa shape index (κ2) is 7.96. The Hall–Kier alpha value is -1.72. The normalized spacial score (nSPS) is 28.2. The van der Waals surface area contributed by atoms with Crippen molar-refractivity contribution in [2.24, 2.45) is 10.4 Å². The van der Waals surface area contributed by atoms with Gasteiger partial charge in [0.05, 0.1) is 36.4 Å². The van der Waals surface area contributed by atoms with Crippen LogP contribution in [0.4, 0.5) is 5.69 Å². The van der Waals surface area contributed by atoms with E-state index in [4.69, 9.17) is 9.73 Å². The van der Waals surface area contributed by atoms with Crippen molar-refractivity contribution in [1.29, 1.82) is 0 Å². The number of morpholine rings is 1. The van der Waals surface area contributed by atoms with Crippen LogP contribution in [-0.2, 0) is 9.53 Å². The number of aliphatic imine (C=N–C) groups is 1. The van der Waals surface area contributed by atoms with Crippen molar-refractivity contribution in [1.82, 2.24) is 4.90 Å². The molecular weight excluding hydrogens is 350 g/mol. The molecule has 1 saturated carbocycles. The Morgan fingerprint density at radius 2 is 1.68 bits per heavy atom. The van der Waals surface area contributed by atoms with Gasteiger partial charge in [0.2, 0.25) is 5.91 Å². The number of ether oxygens (including phenoxy) is 1. The Balaban J connectivity index is 1.77. The number of hydrogen-bond donors (Lipinski definition) is 0. The lowest BCUT2D eigenvalue weighted by Crippen LogP contribution is -2.52. The van der Waals surface area contributed by atoms with Crippen molar-refractivity contribution >= 4 is 17.4 Å². The molecule has 28 heavy (non-hydrogen) atoms. The van der Waals surface area contributed by atoms with Gasteiger partial charge >= 0.3 is 0 Å². The molecule has 2 saturated heterocycles. The minimum Gasteiger partial charge on any atom is -0.379 e. The Morgan fingerprint density at radius 1 is 1.04 bits per heavy atom. The highest BCUT2D eigenvalue weighted by atomic mass is 16.5. The molecule has 1 atom stereocenters. The van der Waals surface area contributed by atoms with Crippen LogP contribution in [0.15, 0.2) is 29.3 Å². The molecule has 3 aliphatic rings. The lowest BCUT2D eigenvalue weighted by molar-refractivity contribution is -0.126. The Kier molecular flexibility index (Phi) is 5.57. The van der Waals surface area contributed by atoms with Gasteiger partial charge in [-0.3, -0.25) is 19.6 Å². The van der Waals surface area contributed by atoms with Crippen LogP contribution in [0.25, 0.3) is 0 Å². The number of aryl methyl sites for hydroxylation is 1. The highest BCUT2D eigenvalue weighted by Crippen LogP contribution is 2.40. The summed E-state index contributed by atoms with van der Waals surface area (Å²) < 4.78 is 5.58. The van der Waals surface area contributed by atoms with Gasteiger partial charge in [0.15, 0.2) is 0 Å². The van der Waals surface area contributed by atoms with Crippen LogP contribution < -0.4 is 4.90 Å². The first kappa shape index (κ1) is 19.6. The van der Waals surface area contributed by atoms with Gasteiger partial charge in [0, 0.05) is 13.1 Å². The number of rotatable bonds is 3. The first-order chi connectivity index (χ1) is 13.5. The third kappa shape index (κ3) is 3.62. The number of amides is 1. The van der Waals surface area contributed by atoms with Crippen molar-refractivity contribution in [3.63, 3.8) is 0 Å². The molecule has 0 radical (unpaired) electrons. The van der Waals surface area contributed by atoms with Crippen LogP contribution in [0.5, 0.6) is 0 Å². The fraction of sp³-hybridized carbons (Fsp3) is 0.652. The molecule has 1 amide bonds. The third-order valence-electron chi connectivity index (χ3n) is 6.50. The Bertz CT molecular complexity index is 729. The maximum absolute atomic E-state index is 13.6. The molecule has 0 spiro atoms. The molecule has 0 bridgehead atoms. The molecule has 1 aromatic rings. The number of nitrogens with zero attached hydrogens (tertiary/aromatic N) is 3. The largest absolute Gasteiger partial charge is 0.379 e. The minimum atomic E-state index is -0.504. The lowest BCUT2D eigenvalue weighted by Gasteiger charge is -2.37. The van der Waals surface area contributed by atoms with Gasteiger partial charge in [-0.2, -0.15) is 0 Å². The average Bonchev–Trinajstić information content (AvgIpc) is 2.90. The number of anilines is 1. The number of amidine groups is 1. The number of benzene rings is 1. The van der Waals surface area contributed by atoms with Crippen LogP contribution in [0, 0.1) is 12.3 Å². The fourth-order valence-corrected chi connectivity index (χ4v) is 4.88. The SMILES string of the molecule is Cc1ccc(N2C(=O)C(C)(C)C(N3CCOCC3)C2=NC2CCCCC2)cc1. The molecule has 152 valence electrons. The summed E-state index contributed by atoms with van der Waals surface area (Å²) in [6.07, 6.45) is 6.06. The topological polar surface area (TPSA) is 45.1 Å². The monoisotopic (exact) mass is 383 g/mol. The van der Waals surface area contributed by atoms with E-state index in [1.807, 2.05) is 4.90 Å². The van der Waals surface area contributed by atoms with Gasteiger partial charge in [-0.05, 0) is 45.7 Å². The second-order valence-electron chi connectivity index (χ2n) is 9.03. The molecule has 5 nitrogen and oxygen atoms in total. The van der Waals surface area contributed by atoms with E-state index in [1.165, 1.54) is 24.8 Å². The third-order valence-corrected chi connectivity index (χ3v) is 6.50. The van der Waals surface area contributed by atoms with Crippen molar-refractivity contribution in [2.75, 3.05) is 31.2 Å². The van der Waals surface area contributed by atoms with Crippen LogP contribution in [0.1, 0.15) is 51.5 Å². The Labute approximate surface area is 168 Å². The van der Waals surface area contributed by atoms with E-state index in [1.54, 1.807) is 0 Å². The van der Waals surface area contributed by atoms with Gasteiger partial charge in [-0.1, -0.05) is 37.0 Å². The highest BCUT2D eigenvalue weighted by molar-refractivity contribution is 6.27. The molecule has 1 aliphatic carbocycles. The summed E-state index contributed by atoms with van der Waals surface area (Å²) >= 11 is 0. The van der Waals surface area contributed by atoms with Gasteiger partial charge in [-0.25, -0.2) is 0 Å². The summed E-state index contributed by atoms with van der Waals surface area (Å²) in [5, 5.41) is 0. The molecule has 5 heteroatoms.